The van der Waals surface area contributed by atoms with Crippen molar-refractivity contribution in [3.8, 4) is 0 Å². The molecule has 0 bridgehead atoms. The number of rotatable bonds is 4. The van der Waals surface area contributed by atoms with Gasteiger partial charge in [0.2, 0.25) is 12.3 Å². The molecule has 0 amide bonds. The summed E-state index contributed by atoms with van der Waals surface area (Å²) < 4.78 is 11.0. The zero-order chi connectivity index (χ0) is 15.5. The lowest BCUT2D eigenvalue weighted by molar-refractivity contribution is -0.350. The Kier molecular flexibility index (Phi) is 4.93. The van der Waals surface area contributed by atoms with Gasteiger partial charge in [-0.25, -0.2) is 6.57 Å². The van der Waals surface area contributed by atoms with Crippen LogP contribution < -0.4 is 0 Å². The molecule has 0 aromatic heterocycles. The Morgan fingerprint density at radius 3 is 2.48 bits per heavy atom. The first-order chi connectivity index (χ1) is 10.0. The molecule has 5 atom stereocenters. The molecule has 1 heterocycles. The molecule has 21 heavy (non-hydrogen) atoms. The molecule has 3 N–H and O–H groups in total. The molecule has 6 heteroatoms. The van der Waals surface area contributed by atoms with E-state index in [1.807, 2.05) is 30.3 Å². The Hall–Kier alpha value is -1.49. The van der Waals surface area contributed by atoms with Crippen molar-refractivity contribution in [1.29, 1.82) is 0 Å². The van der Waals surface area contributed by atoms with Gasteiger partial charge < -0.3 is 29.6 Å². The highest BCUT2D eigenvalue weighted by Gasteiger charge is 2.54. The van der Waals surface area contributed by atoms with E-state index in [1.54, 1.807) is 0 Å². The topological polar surface area (TPSA) is 83.5 Å². The van der Waals surface area contributed by atoms with Gasteiger partial charge in [-0.3, -0.25) is 0 Å². The summed E-state index contributed by atoms with van der Waals surface area (Å²) in [4.78, 5) is 3.19. The molecule has 1 aromatic carbocycles. The summed E-state index contributed by atoms with van der Waals surface area (Å²) in [6, 6.07) is 9.24. The maximum Gasteiger partial charge on any atom is 0.243 e. The van der Waals surface area contributed by atoms with Crippen LogP contribution in [0.15, 0.2) is 30.3 Å². The fourth-order valence-electron chi connectivity index (χ4n) is 2.57. The van der Waals surface area contributed by atoms with Crippen LogP contribution in [0.1, 0.15) is 5.56 Å². The molecule has 114 valence electrons. The summed E-state index contributed by atoms with van der Waals surface area (Å²) in [5.74, 6) is -1.49. The van der Waals surface area contributed by atoms with Crippen molar-refractivity contribution >= 4 is 0 Å². The maximum atomic E-state index is 10.3. The average Bonchev–Trinajstić information content (AvgIpc) is 2.51. The predicted molar refractivity (Wildman–Crippen MR) is 74.2 cm³/mol. The molecular formula is C15H19NO5. The van der Waals surface area contributed by atoms with Crippen molar-refractivity contribution in [2.45, 2.75) is 36.6 Å². The van der Waals surface area contributed by atoms with Crippen molar-refractivity contribution in [2.75, 3.05) is 13.7 Å². The number of aliphatic hydroxyl groups is 3. The lowest BCUT2D eigenvalue weighted by Gasteiger charge is -2.46. The van der Waals surface area contributed by atoms with E-state index in [4.69, 9.17) is 16.0 Å². The first kappa shape index (κ1) is 15.9. The minimum Gasteiger partial charge on any atom is -0.387 e. The van der Waals surface area contributed by atoms with Crippen LogP contribution in [0, 0.1) is 6.57 Å². The molecule has 1 aliphatic rings. The Morgan fingerprint density at radius 2 is 1.90 bits per heavy atom. The number of nitrogens with zero attached hydrogens (tertiary/aromatic N) is 1. The van der Waals surface area contributed by atoms with Crippen molar-refractivity contribution in [3.63, 3.8) is 0 Å². The highest BCUT2D eigenvalue weighted by Crippen LogP contribution is 2.34. The Bertz CT molecular complexity index is 503. The van der Waals surface area contributed by atoms with Crippen molar-refractivity contribution < 1.29 is 24.8 Å². The number of methoxy groups -OCH3 is 1. The Balaban J connectivity index is 2.29. The normalized spacial score (nSPS) is 36.1. The van der Waals surface area contributed by atoms with E-state index in [2.05, 4.69) is 4.85 Å². The molecule has 0 spiro atoms. The SMILES string of the molecule is [C-]#[N+]C[C@H]1O[C@](Cc2ccccc2)(OC)[C@@H](O)[C@@H](O)[C@@H]1O. The third kappa shape index (κ3) is 3.07. The molecule has 2 rings (SSSR count). The summed E-state index contributed by atoms with van der Waals surface area (Å²) >= 11 is 0. The monoisotopic (exact) mass is 293 g/mol. The van der Waals surface area contributed by atoms with E-state index in [-0.39, 0.29) is 13.0 Å². The van der Waals surface area contributed by atoms with Gasteiger partial charge in [-0.15, -0.1) is 0 Å². The fraction of sp³-hybridized carbons (Fsp3) is 0.533. The largest absolute Gasteiger partial charge is 0.387 e. The Morgan fingerprint density at radius 1 is 1.24 bits per heavy atom. The molecule has 0 unspecified atom stereocenters. The predicted octanol–water partition coefficient (Wildman–Crippen LogP) is -0.0274. The first-order valence-corrected chi connectivity index (χ1v) is 6.68. The van der Waals surface area contributed by atoms with Crippen LogP contribution in [-0.2, 0) is 15.9 Å². The zero-order valence-corrected chi connectivity index (χ0v) is 11.7. The summed E-state index contributed by atoms with van der Waals surface area (Å²) in [5, 5.41) is 30.2. The number of aliphatic hydroxyl groups excluding tert-OH is 3. The molecule has 0 radical (unpaired) electrons. The number of hydrogen-bond acceptors (Lipinski definition) is 5. The van der Waals surface area contributed by atoms with Crippen LogP contribution in [0.25, 0.3) is 4.85 Å². The van der Waals surface area contributed by atoms with E-state index in [0.717, 1.165) is 5.56 Å². The Labute approximate surface area is 123 Å². The average molecular weight is 293 g/mol. The summed E-state index contributed by atoms with van der Waals surface area (Å²) in [6.07, 6.45) is -4.89. The molecule has 0 saturated carbocycles. The highest BCUT2D eigenvalue weighted by molar-refractivity contribution is 5.18. The standard InChI is InChI=1S/C15H19NO5/c1-16-9-11-12(17)13(18)14(19)15(20-2,21-11)8-10-6-4-3-5-7-10/h3-7,11-14,17-19H,8-9H2,2H3/t11-,12-,13+,14+,15+/m1/s1. The zero-order valence-electron chi connectivity index (χ0n) is 11.7. The van der Waals surface area contributed by atoms with Crippen molar-refractivity contribution in [2.24, 2.45) is 0 Å². The van der Waals surface area contributed by atoms with Gasteiger partial charge in [0.25, 0.3) is 0 Å². The van der Waals surface area contributed by atoms with Gasteiger partial charge in [-0.2, -0.15) is 0 Å². The van der Waals surface area contributed by atoms with Gasteiger partial charge >= 0.3 is 0 Å². The van der Waals surface area contributed by atoms with Gasteiger partial charge in [0.05, 0.1) is 0 Å². The highest BCUT2D eigenvalue weighted by atomic mass is 16.7. The lowest BCUT2D eigenvalue weighted by atomic mass is 9.88. The van der Waals surface area contributed by atoms with E-state index >= 15 is 0 Å². The third-order valence-electron chi connectivity index (χ3n) is 3.77. The van der Waals surface area contributed by atoms with Crippen molar-refractivity contribution in [3.05, 3.63) is 47.3 Å². The summed E-state index contributed by atoms with van der Waals surface area (Å²) in [6.45, 7) is 6.78. The second-order valence-corrected chi connectivity index (χ2v) is 5.10. The lowest BCUT2D eigenvalue weighted by Crippen LogP contribution is -2.66. The van der Waals surface area contributed by atoms with Crippen molar-refractivity contribution in [1.82, 2.24) is 0 Å². The van der Waals surface area contributed by atoms with E-state index in [9.17, 15) is 15.3 Å². The quantitative estimate of drug-likeness (QED) is 0.679. The number of hydrogen-bond donors (Lipinski definition) is 3. The van der Waals surface area contributed by atoms with Gasteiger partial charge in [0.15, 0.2) is 6.10 Å². The molecule has 0 aliphatic carbocycles. The number of benzene rings is 1. The summed E-state index contributed by atoms with van der Waals surface area (Å²) in [5.41, 5.74) is 0.851. The van der Waals surface area contributed by atoms with Crippen LogP contribution in [-0.4, -0.2) is 59.2 Å². The van der Waals surface area contributed by atoms with Gasteiger partial charge in [0, 0.05) is 13.5 Å². The minimum atomic E-state index is -1.49. The van der Waals surface area contributed by atoms with Crippen LogP contribution in [0.5, 0.6) is 0 Å². The van der Waals surface area contributed by atoms with Crippen LogP contribution in [0.3, 0.4) is 0 Å². The minimum absolute atomic E-state index is 0.120. The smallest absolute Gasteiger partial charge is 0.243 e. The van der Waals surface area contributed by atoms with Crippen LogP contribution in [0.2, 0.25) is 0 Å². The molecular weight excluding hydrogens is 274 g/mol. The van der Waals surface area contributed by atoms with E-state index in [0.29, 0.717) is 0 Å². The molecule has 6 nitrogen and oxygen atoms in total. The second kappa shape index (κ2) is 6.52. The number of ether oxygens (including phenoxy) is 2. The second-order valence-electron chi connectivity index (χ2n) is 5.10. The maximum absolute atomic E-state index is 10.3. The third-order valence-corrected chi connectivity index (χ3v) is 3.77. The van der Waals surface area contributed by atoms with Crippen LogP contribution in [0.4, 0.5) is 0 Å². The van der Waals surface area contributed by atoms with Gasteiger partial charge in [-0.05, 0) is 5.56 Å². The van der Waals surface area contributed by atoms with Crippen LogP contribution >= 0.6 is 0 Å². The molecule has 1 fully saturated rings. The van der Waals surface area contributed by atoms with Gasteiger partial charge in [-0.1, -0.05) is 30.3 Å². The molecule has 1 saturated heterocycles. The van der Waals surface area contributed by atoms with E-state index in [1.165, 1.54) is 7.11 Å². The first-order valence-electron chi connectivity index (χ1n) is 6.68. The summed E-state index contributed by atoms with van der Waals surface area (Å²) in [7, 11) is 1.37. The van der Waals surface area contributed by atoms with E-state index < -0.39 is 30.2 Å². The molecule has 1 aliphatic heterocycles. The molecule has 1 aromatic rings. The van der Waals surface area contributed by atoms with Gasteiger partial charge in [0.1, 0.15) is 18.3 Å². The fourth-order valence-corrected chi connectivity index (χ4v) is 2.57.